The van der Waals surface area contributed by atoms with Gasteiger partial charge >= 0.3 is 0 Å². The van der Waals surface area contributed by atoms with Gasteiger partial charge in [0.2, 0.25) is 17.7 Å². The average molecular weight is 398 g/mol. The minimum atomic E-state index is 0.0694. The van der Waals surface area contributed by atoms with Crippen molar-refractivity contribution in [2.24, 2.45) is 0 Å². The van der Waals surface area contributed by atoms with Crippen LogP contribution >= 0.6 is 0 Å². The van der Waals surface area contributed by atoms with Crippen LogP contribution in [0.15, 0.2) is 34.7 Å². The van der Waals surface area contributed by atoms with E-state index in [1.807, 2.05) is 30.3 Å². The van der Waals surface area contributed by atoms with Gasteiger partial charge in [-0.05, 0) is 45.2 Å². The molecule has 2 aromatic rings. The lowest BCUT2D eigenvalue weighted by molar-refractivity contribution is -0.136. The maximum absolute atomic E-state index is 12.7. The van der Waals surface area contributed by atoms with Gasteiger partial charge in [0.05, 0.1) is 12.6 Å². The molecule has 2 unspecified atom stereocenters. The summed E-state index contributed by atoms with van der Waals surface area (Å²) < 4.78 is 5.93. The quantitative estimate of drug-likeness (QED) is 0.773. The lowest BCUT2D eigenvalue weighted by Crippen LogP contribution is -2.52. The van der Waals surface area contributed by atoms with Crippen LogP contribution in [0, 0.1) is 0 Å². The van der Waals surface area contributed by atoms with E-state index in [0.29, 0.717) is 24.4 Å². The van der Waals surface area contributed by atoms with Gasteiger partial charge in [-0.1, -0.05) is 18.2 Å². The minimum absolute atomic E-state index is 0.0694. The highest BCUT2D eigenvalue weighted by atomic mass is 16.4. The predicted molar refractivity (Wildman–Crippen MR) is 111 cm³/mol. The Morgan fingerprint density at radius 1 is 1.10 bits per heavy atom. The number of nitrogens with zero attached hydrogens (tertiary/aromatic N) is 5. The van der Waals surface area contributed by atoms with E-state index < -0.39 is 0 Å². The van der Waals surface area contributed by atoms with Crippen LogP contribution in [0.2, 0.25) is 0 Å². The molecule has 7 nitrogen and oxygen atoms in total. The number of piperidine rings is 1. The normalized spacial score (nSPS) is 22.6. The van der Waals surface area contributed by atoms with Gasteiger partial charge in [0.15, 0.2) is 0 Å². The predicted octanol–water partition coefficient (Wildman–Crippen LogP) is 2.82. The number of hydrogen-bond acceptors (Lipinski definition) is 6. The second-order valence-electron chi connectivity index (χ2n) is 8.23. The first kappa shape index (κ1) is 20.0. The summed E-state index contributed by atoms with van der Waals surface area (Å²) in [7, 11) is 0. The Morgan fingerprint density at radius 2 is 1.86 bits per heavy atom. The summed E-state index contributed by atoms with van der Waals surface area (Å²) in [6, 6.07) is 10.3. The third kappa shape index (κ3) is 4.67. The van der Waals surface area contributed by atoms with Crippen molar-refractivity contribution in [1.82, 2.24) is 24.9 Å². The van der Waals surface area contributed by atoms with E-state index in [1.165, 1.54) is 6.42 Å². The molecule has 0 N–H and O–H groups in total. The minimum Gasteiger partial charge on any atom is -0.419 e. The molecular formula is C22H31N5O2. The van der Waals surface area contributed by atoms with Crippen LogP contribution in [0.1, 0.15) is 45.0 Å². The van der Waals surface area contributed by atoms with Gasteiger partial charge in [0.1, 0.15) is 0 Å². The zero-order chi connectivity index (χ0) is 20.2. The maximum atomic E-state index is 12.7. The fraction of sp³-hybridized carbons (Fsp3) is 0.591. The first-order valence-electron chi connectivity index (χ1n) is 10.8. The largest absolute Gasteiger partial charge is 0.419 e. The molecule has 3 heterocycles. The molecule has 7 heteroatoms. The first-order chi connectivity index (χ1) is 14.1. The van der Waals surface area contributed by atoms with Gasteiger partial charge in [-0.15, -0.1) is 10.2 Å². The fourth-order valence-electron chi connectivity index (χ4n) is 4.32. The third-order valence-corrected chi connectivity index (χ3v) is 6.26. The Labute approximate surface area is 172 Å². The number of piperazine rings is 1. The lowest BCUT2D eigenvalue weighted by atomic mass is 10.0. The monoisotopic (exact) mass is 397 g/mol. The Morgan fingerprint density at radius 3 is 2.59 bits per heavy atom. The summed E-state index contributed by atoms with van der Waals surface area (Å²) in [6.45, 7) is 9.29. The summed E-state index contributed by atoms with van der Waals surface area (Å²) in [6.07, 6.45) is 3.51. The molecule has 4 rings (SSSR count). The van der Waals surface area contributed by atoms with E-state index in [2.05, 4.69) is 38.7 Å². The van der Waals surface area contributed by atoms with Crippen molar-refractivity contribution in [3.05, 3.63) is 36.2 Å². The zero-order valence-electron chi connectivity index (χ0n) is 17.5. The van der Waals surface area contributed by atoms with Crippen LogP contribution in [0.5, 0.6) is 0 Å². The van der Waals surface area contributed by atoms with E-state index in [9.17, 15) is 4.79 Å². The van der Waals surface area contributed by atoms with Crippen molar-refractivity contribution in [3.8, 4) is 11.5 Å². The fourth-order valence-corrected chi connectivity index (χ4v) is 4.32. The Kier molecular flexibility index (Phi) is 6.25. The molecule has 156 valence electrons. The number of rotatable bonds is 5. The van der Waals surface area contributed by atoms with Crippen LogP contribution in [0.25, 0.3) is 11.5 Å². The maximum Gasteiger partial charge on any atom is 0.247 e. The second-order valence-corrected chi connectivity index (χ2v) is 8.23. The van der Waals surface area contributed by atoms with Crippen molar-refractivity contribution >= 4 is 5.91 Å². The summed E-state index contributed by atoms with van der Waals surface area (Å²) in [5.41, 5.74) is 0.939. The topological polar surface area (TPSA) is 65.7 Å². The number of benzene rings is 1. The summed E-state index contributed by atoms with van der Waals surface area (Å²) in [4.78, 5) is 19.4. The van der Waals surface area contributed by atoms with E-state index in [1.54, 1.807) is 0 Å². The smallest absolute Gasteiger partial charge is 0.247 e. The molecule has 1 amide bonds. The van der Waals surface area contributed by atoms with E-state index in [-0.39, 0.29) is 11.9 Å². The Bertz CT molecular complexity index is 801. The van der Waals surface area contributed by atoms with Crippen LogP contribution in [0.4, 0.5) is 0 Å². The average Bonchev–Trinajstić information content (AvgIpc) is 3.25. The van der Waals surface area contributed by atoms with Gasteiger partial charge in [-0.25, -0.2) is 0 Å². The third-order valence-electron chi connectivity index (χ3n) is 6.26. The highest BCUT2D eigenvalue weighted by Crippen LogP contribution is 2.25. The highest BCUT2D eigenvalue weighted by molar-refractivity contribution is 5.78. The van der Waals surface area contributed by atoms with Crippen molar-refractivity contribution in [2.45, 2.75) is 45.2 Å². The van der Waals surface area contributed by atoms with Crippen LogP contribution < -0.4 is 0 Å². The molecule has 2 aliphatic rings. The summed E-state index contributed by atoms with van der Waals surface area (Å²) in [5, 5.41) is 8.48. The van der Waals surface area contributed by atoms with Gasteiger partial charge < -0.3 is 9.32 Å². The van der Waals surface area contributed by atoms with E-state index >= 15 is 0 Å². The number of amides is 1. The second kappa shape index (κ2) is 9.05. The van der Waals surface area contributed by atoms with Crippen LogP contribution in [-0.4, -0.2) is 76.1 Å². The molecule has 29 heavy (non-hydrogen) atoms. The lowest BCUT2D eigenvalue weighted by Gasteiger charge is -2.39. The van der Waals surface area contributed by atoms with Crippen molar-refractivity contribution < 1.29 is 9.21 Å². The molecule has 1 aromatic carbocycles. The summed E-state index contributed by atoms with van der Waals surface area (Å²) in [5.74, 6) is 1.49. The molecule has 2 saturated heterocycles. The molecule has 2 atom stereocenters. The van der Waals surface area contributed by atoms with Gasteiger partial charge in [-0.2, -0.15) is 0 Å². The molecule has 2 fully saturated rings. The van der Waals surface area contributed by atoms with Crippen LogP contribution in [-0.2, 0) is 4.79 Å². The molecule has 0 radical (unpaired) electrons. The molecule has 0 aliphatic carbocycles. The van der Waals surface area contributed by atoms with Crippen LogP contribution in [0.3, 0.4) is 0 Å². The molecular weight excluding hydrogens is 366 g/mol. The number of likely N-dealkylation sites (tertiary alicyclic amines) is 1. The van der Waals surface area contributed by atoms with Gasteiger partial charge in [-0.3, -0.25) is 14.6 Å². The number of carbonyl (C=O) groups is 1. The van der Waals surface area contributed by atoms with Gasteiger partial charge in [0.25, 0.3) is 0 Å². The number of aromatic nitrogens is 2. The molecule has 0 bridgehead atoms. The molecule has 2 aliphatic heterocycles. The highest BCUT2D eigenvalue weighted by Gasteiger charge is 2.29. The van der Waals surface area contributed by atoms with E-state index in [4.69, 9.17) is 4.42 Å². The number of hydrogen-bond donors (Lipinski definition) is 0. The Hall–Kier alpha value is -2.25. The summed E-state index contributed by atoms with van der Waals surface area (Å²) >= 11 is 0. The van der Waals surface area contributed by atoms with Gasteiger partial charge in [0, 0.05) is 44.3 Å². The number of carbonyl (C=O) groups excluding carboxylic acids is 1. The van der Waals surface area contributed by atoms with Crippen molar-refractivity contribution in [1.29, 1.82) is 0 Å². The standard InChI is InChI=1S/C22H31N5O2/c1-17-8-6-7-11-27(17)20(28)16-25-12-14-26(15-13-25)18(2)21-23-24-22(29-21)19-9-4-3-5-10-19/h3-5,9-10,17-18H,6-8,11-16H2,1-2H3. The zero-order valence-corrected chi connectivity index (χ0v) is 17.5. The Balaban J connectivity index is 1.29. The molecule has 0 spiro atoms. The van der Waals surface area contributed by atoms with E-state index in [0.717, 1.165) is 51.1 Å². The first-order valence-corrected chi connectivity index (χ1v) is 10.8. The van der Waals surface area contributed by atoms with Crippen molar-refractivity contribution in [3.63, 3.8) is 0 Å². The molecule has 0 saturated carbocycles. The molecule has 1 aromatic heterocycles. The SMILES string of the molecule is CC(c1nnc(-c2ccccc2)o1)N1CCN(CC(=O)N2CCCCC2C)CC1. The van der Waals surface area contributed by atoms with Crippen molar-refractivity contribution in [2.75, 3.05) is 39.3 Å².